The second kappa shape index (κ2) is 7.88. The number of anilines is 2. The van der Waals surface area contributed by atoms with Crippen LogP contribution in [0.5, 0.6) is 0 Å². The fourth-order valence-corrected chi connectivity index (χ4v) is 3.91. The lowest BCUT2D eigenvalue weighted by molar-refractivity contribution is 0.196. The molecular weight excluding hydrogens is 348 g/mol. The topological polar surface area (TPSA) is 95.5 Å². The van der Waals surface area contributed by atoms with Crippen molar-refractivity contribution in [2.45, 2.75) is 38.6 Å². The molecule has 0 saturated carbocycles. The van der Waals surface area contributed by atoms with Gasteiger partial charge < -0.3 is 10.3 Å². The van der Waals surface area contributed by atoms with Gasteiger partial charge in [-0.1, -0.05) is 18.3 Å². The normalized spacial score (nSPS) is 18.1. The van der Waals surface area contributed by atoms with Gasteiger partial charge in [0, 0.05) is 30.9 Å². The van der Waals surface area contributed by atoms with E-state index < -0.39 is 0 Å². The average Bonchev–Trinajstić information content (AvgIpc) is 3.34. The molecule has 1 aliphatic rings. The molecule has 1 atom stereocenters. The highest BCUT2D eigenvalue weighted by Gasteiger charge is 2.23. The number of nitrogens with one attached hydrogen (secondary N) is 2. The highest BCUT2D eigenvalue weighted by atomic mass is 32.1. The van der Waals surface area contributed by atoms with E-state index in [-0.39, 0.29) is 0 Å². The molecule has 3 aromatic heterocycles. The van der Waals surface area contributed by atoms with E-state index >= 15 is 0 Å². The van der Waals surface area contributed by atoms with Gasteiger partial charge >= 0.3 is 0 Å². The molecular formula is C17H22N8S. The van der Waals surface area contributed by atoms with Gasteiger partial charge in [-0.25, -0.2) is 9.97 Å². The minimum absolute atomic E-state index is 0.418. The number of rotatable bonds is 6. The van der Waals surface area contributed by atoms with Crippen LogP contribution in [0.25, 0.3) is 0 Å². The average molecular weight is 370 g/mol. The zero-order valence-electron chi connectivity index (χ0n) is 14.7. The van der Waals surface area contributed by atoms with Gasteiger partial charge in [0.25, 0.3) is 0 Å². The summed E-state index contributed by atoms with van der Waals surface area (Å²) >= 11 is 1.55. The van der Waals surface area contributed by atoms with Crippen LogP contribution >= 0.6 is 11.3 Å². The van der Waals surface area contributed by atoms with Crippen molar-refractivity contribution in [3.8, 4) is 0 Å². The van der Waals surface area contributed by atoms with E-state index in [1.165, 1.54) is 6.42 Å². The van der Waals surface area contributed by atoms with Crippen LogP contribution in [0.4, 0.5) is 10.9 Å². The molecule has 0 unspecified atom stereocenters. The van der Waals surface area contributed by atoms with Crippen LogP contribution in [0.2, 0.25) is 0 Å². The van der Waals surface area contributed by atoms with E-state index in [0.29, 0.717) is 11.7 Å². The fraction of sp³-hybridized carbons (Fsp3) is 0.471. The molecule has 0 amide bonds. The molecule has 0 spiro atoms. The molecule has 0 radical (unpaired) electrons. The maximum Gasteiger partial charge on any atom is 0.211 e. The van der Waals surface area contributed by atoms with Crippen LogP contribution in [0.3, 0.4) is 0 Å². The molecule has 0 aliphatic carbocycles. The summed E-state index contributed by atoms with van der Waals surface area (Å²) in [5.41, 5.74) is 2.20. The Hall–Kier alpha value is -2.39. The molecule has 1 saturated heterocycles. The van der Waals surface area contributed by atoms with Crippen LogP contribution in [-0.2, 0) is 13.0 Å². The highest BCUT2D eigenvalue weighted by molar-refractivity contribution is 7.15. The smallest absolute Gasteiger partial charge is 0.211 e. The van der Waals surface area contributed by atoms with Crippen molar-refractivity contribution in [2.24, 2.45) is 0 Å². The van der Waals surface area contributed by atoms with E-state index in [1.54, 1.807) is 23.9 Å². The molecule has 9 heteroatoms. The maximum absolute atomic E-state index is 4.64. The summed E-state index contributed by atoms with van der Waals surface area (Å²) in [6.07, 6.45) is 10.5. The van der Waals surface area contributed by atoms with Gasteiger partial charge in [0.2, 0.25) is 5.13 Å². The van der Waals surface area contributed by atoms with Gasteiger partial charge in [-0.2, -0.15) is 0 Å². The second-order valence-electron chi connectivity index (χ2n) is 6.46. The molecule has 0 bridgehead atoms. The molecule has 3 aromatic rings. The summed E-state index contributed by atoms with van der Waals surface area (Å²) in [6, 6.07) is 0. The minimum Gasteiger partial charge on any atom is -0.347 e. The molecule has 1 aliphatic heterocycles. The van der Waals surface area contributed by atoms with E-state index in [9.17, 15) is 0 Å². The zero-order valence-corrected chi connectivity index (χ0v) is 15.5. The lowest BCUT2D eigenvalue weighted by Gasteiger charge is -2.31. The summed E-state index contributed by atoms with van der Waals surface area (Å²) in [5.74, 6) is 1.12. The lowest BCUT2D eigenvalue weighted by atomic mass is 9.95. The summed E-state index contributed by atoms with van der Waals surface area (Å²) in [4.78, 5) is 18.9. The third-order valence-corrected chi connectivity index (χ3v) is 5.53. The Morgan fingerprint density at radius 2 is 2.23 bits per heavy atom. The molecule has 8 nitrogen and oxygen atoms in total. The van der Waals surface area contributed by atoms with Crippen LogP contribution in [-0.4, -0.2) is 48.1 Å². The Morgan fingerprint density at radius 1 is 1.27 bits per heavy atom. The van der Waals surface area contributed by atoms with Gasteiger partial charge in [0.05, 0.1) is 24.4 Å². The number of likely N-dealkylation sites (tertiary alicyclic amines) is 1. The maximum atomic E-state index is 4.64. The van der Waals surface area contributed by atoms with Crippen LogP contribution in [0.15, 0.2) is 24.9 Å². The van der Waals surface area contributed by atoms with Crippen molar-refractivity contribution >= 4 is 22.3 Å². The predicted molar refractivity (Wildman–Crippen MR) is 100 cm³/mol. The summed E-state index contributed by atoms with van der Waals surface area (Å²) < 4.78 is 0. The number of imidazole rings is 1. The quantitative estimate of drug-likeness (QED) is 0.689. The van der Waals surface area contributed by atoms with Gasteiger partial charge in [0.15, 0.2) is 5.82 Å². The number of nitrogens with zero attached hydrogens (tertiary/aromatic N) is 6. The third kappa shape index (κ3) is 4.05. The van der Waals surface area contributed by atoms with E-state index in [4.69, 9.17) is 0 Å². The molecule has 1 fully saturated rings. The SMILES string of the molecule is CCc1nnc(Nc2cnc([C@@H]3CCCN(Cc4cnc[nH]4)C3)cn2)s1. The van der Waals surface area contributed by atoms with Crippen molar-refractivity contribution in [1.82, 2.24) is 35.0 Å². The molecule has 136 valence electrons. The molecule has 4 heterocycles. The fourth-order valence-electron chi connectivity index (χ4n) is 3.22. The Morgan fingerprint density at radius 3 is 2.96 bits per heavy atom. The van der Waals surface area contributed by atoms with E-state index in [0.717, 1.165) is 54.0 Å². The number of aromatic amines is 1. The highest BCUT2D eigenvalue weighted by Crippen LogP contribution is 2.27. The number of hydrogen-bond acceptors (Lipinski definition) is 8. The van der Waals surface area contributed by atoms with Gasteiger partial charge in [-0.3, -0.25) is 9.88 Å². The van der Waals surface area contributed by atoms with E-state index in [2.05, 4.69) is 47.3 Å². The van der Waals surface area contributed by atoms with Crippen molar-refractivity contribution < 1.29 is 0 Å². The van der Waals surface area contributed by atoms with Gasteiger partial charge in [-0.15, -0.1) is 10.2 Å². The van der Waals surface area contributed by atoms with Crippen molar-refractivity contribution in [2.75, 3.05) is 18.4 Å². The molecule has 2 N–H and O–H groups in total. The number of aromatic nitrogens is 6. The first-order valence-corrected chi connectivity index (χ1v) is 9.72. The molecule has 26 heavy (non-hydrogen) atoms. The first kappa shape index (κ1) is 17.0. The number of hydrogen-bond donors (Lipinski definition) is 2. The Kier molecular flexibility index (Phi) is 5.16. The number of piperidine rings is 1. The zero-order chi connectivity index (χ0) is 17.8. The largest absolute Gasteiger partial charge is 0.347 e. The minimum atomic E-state index is 0.418. The Labute approximate surface area is 156 Å². The monoisotopic (exact) mass is 370 g/mol. The van der Waals surface area contributed by atoms with E-state index in [1.807, 2.05) is 12.4 Å². The van der Waals surface area contributed by atoms with Crippen molar-refractivity contribution in [3.05, 3.63) is 41.3 Å². The third-order valence-electron chi connectivity index (χ3n) is 4.55. The standard InChI is InChI=1S/C17H22N8S/c1-2-16-23-24-17(26-16)22-15-8-19-14(7-20-15)12-4-3-5-25(9-12)10-13-6-18-11-21-13/h6-8,11-12H,2-5,9-10H2,1H3,(H,18,21)(H,20,22,24)/t12-/m1/s1. The second-order valence-corrected chi connectivity index (χ2v) is 7.52. The number of H-pyrrole nitrogens is 1. The predicted octanol–water partition coefficient (Wildman–Crippen LogP) is 2.74. The summed E-state index contributed by atoms with van der Waals surface area (Å²) in [6.45, 7) is 5.08. The van der Waals surface area contributed by atoms with Crippen LogP contribution in [0, 0.1) is 0 Å². The Bertz CT molecular complexity index is 814. The molecule has 0 aromatic carbocycles. The van der Waals surface area contributed by atoms with Crippen molar-refractivity contribution in [3.63, 3.8) is 0 Å². The number of aryl methyl sites for hydroxylation is 1. The summed E-state index contributed by atoms with van der Waals surface area (Å²) in [7, 11) is 0. The Balaban J connectivity index is 1.38. The first-order valence-electron chi connectivity index (χ1n) is 8.91. The van der Waals surface area contributed by atoms with Gasteiger partial charge in [0.1, 0.15) is 5.01 Å². The first-order chi connectivity index (χ1) is 12.8. The summed E-state index contributed by atoms with van der Waals surface area (Å²) in [5, 5.41) is 13.2. The van der Waals surface area contributed by atoms with Crippen LogP contribution < -0.4 is 5.32 Å². The van der Waals surface area contributed by atoms with Gasteiger partial charge in [-0.05, 0) is 25.8 Å². The van der Waals surface area contributed by atoms with Crippen molar-refractivity contribution in [1.29, 1.82) is 0 Å². The molecule has 4 rings (SSSR count). The van der Waals surface area contributed by atoms with Crippen LogP contribution in [0.1, 0.15) is 42.1 Å². The lowest BCUT2D eigenvalue weighted by Crippen LogP contribution is -2.34.